The highest BCUT2D eigenvalue weighted by molar-refractivity contribution is 5.85. The van der Waals surface area contributed by atoms with Gasteiger partial charge in [-0.25, -0.2) is 0 Å². The maximum Gasteiger partial charge on any atom is 0.323 e. The lowest BCUT2D eigenvalue weighted by Crippen LogP contribution is -2.43. The first-order valence-corrected chi connectivity index (χ1v) is 4.35. The minimum absolute atomic E-state index is 0.125. The maximum atomic E-state index is 11.5. The van der Waals surface area contributed by atoms with E-state index in [2.05, 4.69) is 5.32 Å². The summed E-state index contributed by atoms with van der Waals surface area (Å²) >= 11 is 0. The van der Waals surface area contributed by atoms with Crippen LogP contribution in [-0.2, 0) is 9.59 Å². The van der Waals surface area contributed by atoms with Crippen molar-refractivity contribution in [1.29, 1.82) is 0 Å². The lowest BCUT2D eigenvalue weighted by atomic mass is 10.3. The van der Waals surface area contributed by atoms with Gasteiger partial charge in [-0.05, 0) is 19.9 Å². The highest BCUT2D eigenvalue weighted by Crippen LogP contribution is 2.01. The van der Waals surface area contributed by atoms with Crippen molar-refractivity contribution in [3.63, 3.8) is 0 Å². The first kappa shape index (κ1) is 9.98. The first-order valence-electron chi connectivity index (χ1n) is 4.35. The van der Waals surface area contributed by atoms with Crippen molar-refractivity contribution in [2.45, 2.75) is 19.4 Å². The molecular formula is C8H14N2O3. The Morgan fingerprint density at radius 2 is 2.46 bits per heavy atom. The standard InChI is InChI=1S/C8H14N2O3/c1-6-8(13)10(5-7(11)12)4-2-3-9-6/h6,9H,2-5H2,1H3,(H,11,12). The van der Waals surface area contributed by atoms with E-state index in [4.69, 9.17) is 5.11 Å². The molecule has 1 aliphatic heterocycles. The zero-order chi connectivity index (χ0) is 9.84. The van der Waals surface area contributed by atoms with Crippen molar-refractivity contribution in [2.75, 3.05) is 19.6 Å². The number of carboxylic acid groups (broad SMARTS) is 1. The Morgan fingerprint density at radius 1 is 1.77 bits per heavy atom. The Labute approximate surface area is 76.7 Å². The molecule has 2 N–H and O–H groups in total. The molecule has 0 radical (unpaired) electrons. The second kappa shape index (κ2) is 4.23. The van der Waals surface area contributed by atoms with E-state index in [1.165, 1.54) is 4.90 Å². The summed E-state index contributed by atoms with van der Waals surface area (Å²) in [5, 5.41) is 11.6. The largest absolute Gasteiger partial charge is 0.480 e. The third-order valence-corrected chi connectivity index (χ3v) is 2.06. The summed E-state index contributed by atoms with van der Waals surface area (Å²) in [4.78, 5) is 23.3. The van der Waals surface area contributed by atoms with Gasteiger partial charge in [-0.2, -0.15) is 0 Å². The fourth-order valence-electron chi connectivity index (χ4n) is 1.38. The smallest absolute Gasteiger partial charge is 0.323 e. The van der Waals surface area contributed by atoms with Crippen LogP contribution in [0.5, 0.6) is 0 Å². The molecule has 1 unspecified atom stereocenters. The Hall–Kier alpha value is -1.10. The monoisotopic (exact) mass is 186 g/mol. The summed E-state index contributed by atoms with van der Waals surface area (Å²) in [6, 6.07) is -0.262. The second-order valence-corrected chi connectivity index (χ2v) is 3.18. The number of hydrogen-bond acceptors (Lipinski definition) is 3. The molecule has 0 saturated carbocycles. The van der Waals surface area contributed by atoms with Crippen LogP contribution >= 0.6 is 0 Å². The van der Waals surface area contributed by atoms with Gasteiger partial charge in [-0.15, -0.1) is 0 Å². The first-order chi connectivity index (χ1) is 6.11. The average Bonchev–Trinajstić information content (AvgIpc) is 2.19. The van der Waals surface area contributed by atoms with Crippen LogP contribution < -0.4 is 5.32 Å². The van der Waals surface area contributed by atoms with Crippen LogP contribution in [-0.4, -0.2) is 47.6 Å². The average molecular weight is 186 g/mol. The van der Waals surface area contributed by atoms with E-state index in [1.807, 2.05) is 0 Å². The molecule has 0 aromatic heterocycles. The van der Waals surface area contributed by atoms with Crippen molar-refractivity contribution in [3.8, 4) is 0 Å². The van der Waals surface area contributed by atoms with Crippen molar-refractivity contribution in [2.24, 2.45) is 0 Å². The molecule has 0 bridgehead atoms. The Morgan fingerprint density at radius 3 is 3.08 bits per heavy atom. The second-order valence-electron chi connectivity index (χ2n) is 3.18. The van der Waals surface area contributed by atoms with Crippen LogP contribution in [0.15, 0.2) is 0 Å². The van der Waals surface area contributed by atoms with E-state index >= 15 is 0 Å². The van der Waals surface area contributed by atoms with Gasteiger partial charge in [0.25, 0.3) is 0 Å². The van der Waals surface area contributed by atoms with Gasteiger partial charge in [-0.3, -0.25) is 9.59 Å². The Bertz CT molecular complexity index is 217. The van der Waals surface area contributed by atoms with E-state index in [1.54, 1.807) is 6.92 Å². The summed E-state index contributed by atoms with van der Waals surface area (Å²) in [6.45, 7) is 2.86. The molecule has 13 heavy (non-hydrogen) atoms. The van der Waals surface area contributed by atoms with Gasteiger partial charge >= 0.3 is 5.97 Å². The number of carbonyl (C=O) groups is 2. The van der Waals surface area contributed by atoms with E-state index in [0.717, 1.165) is 13.0 Å². The minimum atomic E-state index is -0.956. The summed E-state index contributed by atoms with van der Waals surface area (Å²) < 4.78 is 0. The van der Waals surface area contributed by atoms with E-state index in [0.29, 0.717) is 6.54 Å². The third kappa shape index (κ3) is 2.69. The number of hydrogen-bond donors (Lipinski definition) is 2. The summed E-state index contributed by atoms with van der Waals surface area (Å²) in [5.74, 6) is -1.08. The molecule has 0 aromatic rings. The number of carbonyl (C=O) groups excluding carboxylic acids is 1. The molecule has 1 aliphatic rings. The molecule has 1 atom stereocenters. The summed E-state index contributed by atoms with van der Waals surface area (Å²) in [6.07, 6.45) is 0.809. The predicted molar refractivity (Wildman–Crippen MR) is 46.3 cm³/mol. The Balaban J connectivity index is 2.59. The molecule has 74 valence electrons. The molecule has 1 heterocycles. The van der Waals surface area contributed by atoms with E-state index in [9.17, 15) is 9.59 Å². The maximum absolute atomic E-state index is 11.5. The molecule has 0 aliphatic carbocycles. The van der Waals surface area contributed by atoms with Crippen molar-refractivity contribution < 1.29 is 14.7 Å². The molecule has 0 aromatic carbocycles. The zero-order valence-electron chi connectivity index (χ0n) is 7.62. The Kier molecular flexibility index (Phi) is 3.25. The fourth-order valence-corrected chi connectivity index (χ4v) is 1.38. The van der Waals surface area contributed by atoms with Crippen molar-refractivity contribution >= 4 is 11.9 Å². The normalized spacial score (nSPS) is 24.2. The third-order valence-electron chi connectivity index (χ3n) is 2.06. The van der Waals surface area contributed by atoms with Crippen LogP contribution in [0.1, 0.15) is 13.3 Å². The highest BCUT2D eigenvalue weighted by Gasteiger charge is 2.24. The van der Waals surface area contributed by atoms with Gasteiger partial charge in [0.15, 0.2) is 0 Å². The van der Waals surface area contributed by atoms with E-state index in [-0.39, 0.29) is 18.5 Å². The topological polar surface area (TPSA) is 69.6 Å². The minimum Gasteiger partial charge on any atom is -0.480 e. The quantitative estimate of drug-likeness (QED) is 0.597. The van der Waals surface area contributed by atoms with Gasteiger partial charge in [0, 0.05) is 6.54 Å². The van der Waals surface area contributed by atoms with Gasteiger partial charge in [-0.1, -0.05) is 0 Å². The molecule has 1 saturated heterocycles. The summed E-state index contributed by atoms with van der Waals surface area (Å²) in [7, 11) is 0. The number of aliphatic carboxylic acids is 1. The van der Waals surface area contributed by atoms with Crippen LogP contribution in [0.25, 0.3) is 0 Å². The number of amides is 1. The van der Waals surface area contributed by atoms with Gasteiger partial charge in [0.05, 0.1) is 6.04 Å². The number of carboxylic acids is 1. The lowest BCUT2D eigenvalue weighted by Gasteiger charge is -2.20. The molecular weight excluding hydrogens is 172 g/mol. The molecule has 0 spiro atoms. The molecule has 1 fully saturated rings. The van der Waals surface area contributed by atoms with Gasteiger partial charge in [0.2, 0.25) is 5.91 Å². The van der Waals surface area contributed by atoms with Crippen LogP contribution in [0, 0.1) is 0 Å². The van der Waals surface area contributed by atoms with Crippen molar-refractivity contribution in [1.82, 2.24) is 10.2 Å². The van der Waals surface area contributed by atoms with Crippen LogP contribution in [0.4, 0.5) is 0 Å². The fraction of sp³-hybridized carbons (Fsp3) is 0.750. The molecule has 1 amide bonds. The number of nitrogens with one attached hydrogen (secondary N) is 1. The van der Waals surface area contributed by atoms with Crippen LogP contribution in [0.2, 0.25) is 0 Å². The SMILES string of the molecule is CC1NCCCN(CC(=O)O)C1=O. The zero-order valence-corrected chi connectivity index (χ0v) is 7.62. The van der Waals surface area contributed by atoms with Crippen molar-refractivity contribution in [3.05, 3.63) is 0 Å². The summed E-state index contributed by atoms with van der Waals surface area (Å²) in [5.41, 5.74) is 0. The predicted octanol–water partition coefficient (Wildman–Crippen LogP) is -0.719. The molecule has 1 rings (SSSR count). The molecule has 5 heteroatoms. The molecule has 5 nitrogen and oxygen atoms in total. The van der Waals surface area contributed by atoms with Gasteiger partial charge in [0.1, 0.15) is 6.54 Å². The van der Waals surface area contributed by atoms with Gasteiger partial charge < -0.3 is 15.3 Å². The number of rotatable bonds is 2. The highest BCUT2D eigenvalue weighted by atomic mass is 16.4. The number of nitrogens with zero attached hydrogens (tertiary/aromatic N) is 1. The van der Waals surface area contributed by atoms with Crippen LogP contribution in [0.3, 0.4) is 0 Å². The van der Waals surface area contributed by atoms with E-state index < -0.39 is 5.97 Å². The lowest BCUT2D eigenvalue weighted by molar-refractivity contribution is -0.144.